The number of rotatable bonds is 11. The van der Waals surface area contributed by atoms with E-state index in [-0.39, 0.29) is 23.8 Å². The first-order valence-corrected chi connectivity index (χ1v) is 14.5. The minimum Gasteiger partial charge on any atom is -0.493 e. The summed E-state index contributed by atoms with van der Waals surface area (Å²) in [4.78, 5) is 32.1. The van der Waals surface area contributed by atoms with E-state index in [2.05, 4.69) is 31.2 Å². The van der Waals surface area contributed by atoms with Crippen LogP contribution in [0.4, 0.5) is 0 Å². The zero-order valence-corrected chi connectivity index (χ0v) is 26.8. The van der Waals surface area contributed by atoms with Gasteiger partial charge in [-0.15, -0.1) is 0 Å². The quantitative estimate of drug-likeness (QED) is 0.294. The molecule has 10 heteroatoms. The molecule has 0 spiro atoms. The summed E-state index contributed by atoms with van der Waals surface area (Å²) < 4.78 is 33.2. The molecule has 44 heavy (non-hydrogen) atoms. The lowest BCUT2D eigenvalue weighted by molar-refractivity contribution is 0.0329. The zero-order chi connectivity index (χ0) is 32.0. The van der Waals surface area contributed by atoms with Crippen molar-refractivity contribution in [3.63, 3.8) is 0 Å². The fraction of sp³-hybridized carbons (Fsp3) is 0.412. The van der Waals surface area contributed by atoms with Gasteiger partial charge in [0.05, 0.1) is 59.8 Å². The third-order valence-corrected chi connectivity index (χ3v) is 8.25. The monoisotopic (exact) mass is 606 g/mol. The van der Waals surface area contributed by atoms with Crippen LogP contribution in [0.5, 0.6) is 34.5 Å². The topological polar surface area (TPSA) is 96.0 Å². The maximum atomic E-state index is 14.4. The van der Waals surface area contributed by atoms with E-state index in [0.29, 0.717) is 65.3 Å². The Balaban J connectivity index is 1.77. The van der Waals surface area contributed by atoms with E-state index in [1.165, 1.54) is 42.7 Å². The van der Waals surface area contributed by atoms with Gasteiger partial charge in [0.2, 0.25) is 11.5 Å². The first-order chi connectivity index (χ1) is 21.3. The van der Waals surface area contributed by atoms with Gasteiger partial charge in [-0.2, -0.15) is 0 Å². The molecule has 2 unspecified atom stereocenters. The van der Waals surface area contributed by atoms with Crippen LogP contribution in [-0.2, 0) is 0 Å². The lowest BCUT2D eigenvalue weighted by atomic mass is 9.85. The normalized spacial score (nSPS) is 15.3. The standard InChI is InChI=1S/C34H42N2O8/c1-9-23(22-12-10-21(2)11-13-22)26-20-35(33(37)24-14-16-27(39-3)31(43-7)29(24)41-5)18-19-36(26)34(38)25-15-17-28(40-4)32(44-8)30(25)42-6/h10-17,23,26H,9,18-20H2,1-8H3. The van der Waals surface area contributed by atoms with Crippen molar-refractivity contribution >= 4 is 11.8 Å². The van der Waals surface area contributed by atoms with E-state index in [9.17, 15) is 9.59 Å². The van der Waals surface area contributed by atoms with Crippen LogP contribution in [0.2, 0.25) is 0 Å². The van der Waals surface area contributed by atoms with E-state index in [4.69, 9.17) is 28.4 Å². The van der Waals surface area contributed by atoms with Gasteiger partial charge in [0, 0.05) is 25.6 Å². The third kappa shape index (κ3) is 6.06. The van der Waals surface area contributed by atoms with Crippen LogP contribution in [-0.4, -0.2) is 89.9 Å². The molecule has 3 aromatic rings. The fourth-order valence-corrected chi connectivity index (χ4v) is 6.00. The predicted octanol–water partition coefficient (Wildman–Crippen LogP) is 5.21. The van der Waals surface area contributed by atoms with Crippen molar-refractivity contribution in [3.05, 3.63) is 70.8 Å². The van der Waals surface area contributed by atoms with Crippen LogP contribution < -0.4 is 28.4 Å². The molecule has 0 radical (unpaired) electrons. The van der Waals surface area contributed by atoms with Gasteiger partial charge < -0.3 is 38.2 Å². The summed E-state index contributed by atoms with van der Waals surface area (Å²) in [5.41, 5.74) is 2.95. The number of piperazine rings is 1. The number of carbonyl (C=O) groups is 2. The van der Waals surface area contributed by atoms with Crippen molar-refractivity contribution in [2.45, 2.75) is 32.2 Å². The van der Waals surface area contributed by atoms with Crippen molar-refractivity contribution in [2.24, 2.45) is 0 Å². The Labute approximate surface area is 259 Å². The van der Waals surface area contributed by atoms with Crippen LogP contribution in [0, 0.1) is 6.92 Å². The SMILES string of the molecule is CCC(c1ccc(C)cc1)C1CN(C(=O)c2ccc(OC)c(OC)c2OC)CCN1C(=O)c1ccc(OC)c(OC)c1OC. The van der Waals surface area contributed by atoms with E-state index < -0.39 is 0 Å². The van der Waals surface area contributed by atoms with Gasteiger partial charge in [0.25, 0.3) is 11.8 Å². The third-order valence-electron chi connectivity index (χ3n) is 8.25. The molecule has 0 bridgehead atoms. The molecule has 0 saturated carbocycles. The lowest BCUT2D eigenvalue weighted by Gasteiger charge is -2.45. The zero-order valence-electron chi connectivity index (χ0n) is 26.8. The van der Waals surface area contributed by atoms with Crippen LogP contribution >= 0.6 is 0 Å². The van der Waals surface area contributed by atoms with Crippen molar-refractivity contribution in [1.29, 1.82) is 0 Å². The van der Waals surface area contributed by atoms with Crippen LogP contribution in [0.25, 0.3) is 0 Å². The molecule has 0 aliphatic carbocycles. The van der Waals surface area contributed by atoms with Crippen molar-refractivity contribution in [2.75, 3.05) is 62.3 Å². The van der Waals surface area contributed by atoms with Crippen molar-refractivity contribution < 1.29 is 38.0 Å². The first-order valence-electron chi connectivity index (χ1n) is 14.5. The average Bonchev–Trinajstić information content (AvgIpc) is 3.06. The molecule has 1 aliphatic rings. The Bertz CT molecular complexity index is 1470. The van der Waals surface area contributed by atoms with Crippen LogP contribution in [0.3, 0.4) is 0 Å². The van der Waals surface area contributed by atoms with Gasteiger partial charge in [-0.05, 0) is 43.2 Å². The highest BCUT2D eigenvalue weighted by Gasteiger charge is 2.40. The van der Waals surface area contributed by atoms with Gasteiger partial charge >= 0.3 is 0 Å². The van der Waals surface area contributed by atoms with Gasteiger partial charge in [-0.25, -0.2) is 0 Å². The summed E-state index contributed by atoms with van der Waals surface area (Å²) >= 11 is 0. The molecule has 0 N–H and O–H groups in total. The Morgan fingerprint density at radius 2 is 1.18 bits per heavy atom. The number of benzene rings is 3. The number of hydrogen-bond acceptors (Lipinski definition) is 8. The van der Waals surface area contributed by atoms with Gasteiger partial charge in [-0.1, -0.05) is 36.8 Å². The average molecular weight is 607 g/mol. The van der Waals surface area contributed by atoms with E-state index in [1.807, 2.05) is 11.8 Å². The van der Waals surface area contributed by atoms with Gasteiger partial charge in [0.1, 0.15) is 0 Å². The second-order valence-electron chi connectivity index (χ2n) is 10.5. The summed E-state index contributed by atoms with van der Waals surface area (Å²) in [6, 6.07) is 14.8. The molecular weight excluding hydrogens is 564 g/mol. The largest absolute Gasteiger partial charge is 0.493 e. The van der Waals surface area contributed by atoms with Crippen LogP contribution in [0.15, 0.2) is 48.5 Å². The molecule has 1 aliphatic heterocycles. The van der Waals surface area contributed by atoms with E-state index >= 15 is 0 Å². The molecule has 236 valence electrons. The van der Waals surface area contributed by atoms with Crippen molar-refractivity contribution in [3.8, 4) is 34.5 Å². The molecule has 1 fully saturated rings. The molecule has 3 aromatic carbocycles. The second kappa shape index (κ2) is 14.2. The first kappa shape index (κ1) is 32.3. The number of hydrogen-bond donors (Lipinski definition) is 0. The minimum absolute atomic E-state index is 0.0476. The Kier molecular flexibility index (Phi) is 10.5. The summed E-state index contributed by atoms with van der Waals surface area (Å²) in [6.45, 7) is 5.08. The summed E-state index contributed by atoms with van der Waals surface area (Å²) in [5, 5.41) is 0. The molecule has 1 saturated heterocycles. The van der Waals surface area contributed by atoms with E-state index in [1.54, 1.807) is 29.2 Å². The Morgan fingerprint density at radius 3 is 1.64 bits per heavy atom. The Hall–Kier alpha value is -4.60. The maximum absolute atomic E-state index is 14.4. The highest BCUT2D eigenvalue weighted by Crippen LogP contribution is 2.43. The Morgan fingerprint density at radius 1 is 0.682 bits per heavy atom. The van der Waals surface area contributed by atoms with Gasteiger partial charge in [-0.3, -0.25) is 9.59 Å². The smallest absolute Gasteiger partial charge is 0.258 e. The number of ether oxygens (including phenoxy) is 6. The van der Waals surface area contributed by atoms with E-state index in [0.717, 1.165) is 17.5 Å². The maximum Gasteiger partial charge on any atom is 0.258 e. The van der Waals surface area contributed by atoms with Gasteiger partial charge in [0.15, 0.2) is 23.0 Å². The number of aryl methyl sites for hydroxylation is 1. The molecule has 4 rings (SSSR count). The lowest BCUT2D eigenvalue weighted by Crippen LogP contribution is -2.58. The minimum atomic E-state index is -0.336. The number of methoxy groups -OCH3 is 6. The molecule has 2 atom stereocenters. The summed E-state index contributed by atoms with van der Waals surface area (Å²) in [7, 11) is 9.07. The molecular formula is C34H42N2O8. The number of nitrogens with zero attached hydrogens (tertiary/aromatic N) is 2. The summed E-state index contributed by atoms with van der Waals surface area (Å²) in [6.07, 6.45) is 0.752. The summed E-state index contributed by atoms with van der Waals surface area (Å²) in [5.74, 6) is 1.73. The molecule has 1 heterocycles. The highest BCUT2D eigenvalue weighted by molar-refractivity contribution is 6.00. The predicted molar refractivity (Wildman–Crippen MR) is 167 cm³/mol. The van der Waals surface area contributed by atoms with Crippen molar-refractivity contribution in [1.82, 2.24) is 9.80 Å². The second-order valence-corrected chi connectivity index (χ2v) is 10.5. The number of carbonyl (C=O) groups excluding carboxylic acids is 2. The fourth-order valence-electron chi connectivity index (χ4n) is 6.00. The number of amides is 2. The molecule has 10 nitrogen and oxygen atoms in total. The van der Waals surface area contributed by atoms with Crippen LogP contribution in [0.1, 0.15) is 51.1 Å². The molecule has 2 amide bonds. The molecule has 0 aromatic heterocycles. The highest BCUT2D eigenvalue weighted by atomic mass is 16.5.